The van der Waals surface area contributed by atoms with E-state index in [1.807, 2.05) is 18.4 Å². The third-order valence-electron chi connectivity index (χ3n) is 2.08. The molecule has 0 heterocycles. The minimum atomic E-state index is 0.0791. The molecule has 0 spiro atoms. The number of carbonyl (C=O) groups is 1. The first-order chi connectivity index (χ1) is 7.22. The van der Waals surface area contributed by atoms with Crippen molar-refractivity contribution in [2.45, 2.75) is 11.3 Å². The first-order valence-electron chi connectivity index (χ1n) is 4.68. The maximum absolute atomic E-state index is 11.6. The number of ketones is 1. The number of rotatable bonds is 5. The first kappa shape index (κ1) is 12.1. The Bertz CT molecular complexity index is 352. The van der Waals surface area contributed by atoms with Crippen LogP contribution in [0.15, 0.2) is 23.1 Å². The third-order valence-corrected chi connectivity index (χ3v) is 2.84. The summed E-state index contributed by atoms with van der Waals surface area (Å²) in [5, 5.41) is 0. The van der Waals surface area contributed by atoms with E-state index in [1.54, 1.807) is 24.9 Å². The molecule has 2 N–H and O–H groups in total. The molecule has 0 aromatic heterocycles. The zero-order valence-corrected chi connectivity index (χ0v) is 9.76. The number of carbonyl (C=O) groups excluding carboxylic acids is 1. The lowest BCUT2D eigenvalue weighted by atomic mass is 10.1. The standard InChI is InChI=1S/C11H15NO2S/c1-14-10-4-3-8(7-11(10)15-2)9(13)5-6-12/h3-4,7H,5-6,12H2,1-2H3. The van der Waals surface area contributed by atoms with Crippen LogP contribution in [-0.2, 0) is 0 Å². The van der Waals surface area contributed by atoms with Crippen molar-refractivity contribution >= 4 is 17.5 Å². The van der Waals surface area contributed by atoms with E-state index in [2.05, 4.69) is 0 Å². The molecular weight excluding hydrogens is 210 g/mol. The number of methoxy groups -OCH3 is 1. The number of Topliss-reactive ketones (excluding diaryl/α,β-unsaturated/α-hetero) is 1. The van der Waals surface area contributed by atoms with E-state index in [0.29, 0.717) is 18.5 Å². The maximum Gasteiger partial charge on any atom is 0.164 e. The van der Waals surface area contributed by atoms with Crippen molar-refractivity contribution in [1.29, 1.82) is 0 Å². The summed E-state index contributed by atoms with van der Waals surface area (Å²) >= 11 is 1.56. The molecule has 0 atom stereocenters. The van der Waals surface area contributed by atoms with Crippen LogP contribution in [0.1, 0.15) is 16.8 Å². The van der Waals surface area contributed by atoms with Gasteiger partial charge < -0.3 is 10.5 Å². The molecule has 0 bridgehead atoms. The molecule has 0 aliphatic heterocycles. The summed E-state index contributed by atoms with van der Waals surface area (Å²) < 4.78 is 5.17. The molecule has 0 aliphatic rings. The molecule has 0 aliphatic carbocycles. The van der Waals surface area contributed by atoms with Crippen molar-refractivity contribution in [2.75, 3.05) is 19.9 Å². The SMILES string of the molecule is COc1ccc(C(=O)CCN)cc1SC. The lowest BCUT2D eigenvalue weighted by Crippen LogP contribution is -2.08. The molecule has 82 valence electrons. The fourth-order valence-corrected chi connectivity index (χ4v) is 1.88. The highest BCUT2D eigenvalue weighted by Gasteiger charge is 2.08. The molecule has 0 amide bonds. The molecular formula is C11H15NO2S. The van der Waals surface area contributed by atoms with Crippen molar-refractivity contribution in [2.24, 2.45) is 5.73 Å². The maximum atomic E-state index is 11.6. The molecule has 0 saturated carbocycles. The van der Waals surface area contributed by atoms with Crippen LogP contribution in [0.2, 0.25) is 0 Å². The van der Waals surface area contributed by atoms with E-state index in [-0.39, 0.29) is 5.78 Å². The number of nitrogens with two attached hydrogens (primary N) is 1. The third kappa shape index (κ3) is 2.97. The Labute approximate surface area is 94.0 Å². The van der Waals surface area contributed by atoms with Gasteiger partial charge in [-0.05, 0) is 31.0 Å². The van der Waals surface area contributed by atoms with Gasteiger partial charge in [-0.25, -0.2) is 0 Å². The Hall–Kier alpha value is -1.00. The smallest absolute Gasteiger partial charge is 0.164 e. The lowest BCUT2D eigenvalue weighted by Gasteiger charge is -2.07. The van der Waals surface area contributed by atoms with Crippen LogP contribution >= 0.6 is 11.8 Å². The summed E-state index contributed by atoms with van der Waals surface area (Å²) in [6.07, 6.45) is 2.34. The van der Waals surface area contributed by atoms with Crippen LogP contribution < -0.4 is 10.5 Å². The van der Waals surface area contributed by atoms with Gasteiger partial charge in [-0.3, -0.25) is 4.79 Å². The van der Waals surface area contributed by atoms with E-state index in [0.717, 1.165) is 10.6 Å². The van der Waals surface area contributed by atoms with E-state index in [4.69, 9.17) is 10.5 Å². The Balaban J connectivity index is 2.97. The quantitative estimate of drug-likeness (QED) is 0.614. The highest BCUT2D eigenvalue weighted by Crippen LogP contribution is 2.28. The summed E-state index contributed by atoms with van der Waals surface area (Å²) in [6, 6.07) is 5.44. The van der Waals surface area contributed by atoms with Gasteiger partial charge in [0.15, 0.2) is 5.78 Å². The molecule has 0 saturated heterocycles. The van der Waals surface area contributed by atoms with Crippen LogP contribution in [0.3, 0.4) is 0 Å². The van der Waals surface area contributed by atoms with E-state index >= 15 is 0 Å². The van der Waals surface area contributed by atoms with Gasteiger partial charge in [-0.15, -0.1) is 11.8 Å². The Kier molecular flexibility index (Phi) is 4.65. The second kappa shape index (κ2) is 5.78. The number of thioether (sulfide) groups is 1. The number of hydrogen-bond donors (Lipinski definition) is 1. The summed E-state index contributed by atoms with van der Waals surface area (Å²) in [6.45, 7) is 0.388. The van der Waals surface area contributed by atoms with Crippen LogP contribution in [0, 0.1) is 0 Å². The molecule has 1 aromatic carbocycles. The molecule has 0 unspecified atom stereocenters. The van der Waals surface area contributed by atoms with Crippen molar-refractivity contribution in [1.82, 2.24) is 0 Å². The average molecular weight is 225 g/mol. The van der Waals surface area contributed by atoms with Gasteiger partial charge in [-0.2, -0.15) is 0 Å². The molecule has 0 radical (unpaired) electrons. The average Bonchev–Trinajstić information content (AvgIpc) is 2.28. The zero-order chi connectivity index (χ0) is 11.3. The number of ether oxygens (including phenoxy) is 1. The Morgan fingerprint density at radius 3 is 2.80 bits per heavy atom. The van der Waals surface area contributed by atoms with Gasteiger partial charge >= 0.3 is 0 Å². The molecule has 4 heteroatoms. The van der Waals surface area contributed by atoms with Crippen molar-refractivity contribution in [3.05, 3.63) is 23.8 Å². The van der Waals surface area contributed by atoms with Crippen LogP contribution in [0.5, 0.6) is 5.75 Å². The highest BCUT2D eigenvalue weighted by molar-refractivity contribution is 7.98. The fraction of sp³-hybridized carbons (Fsp3) is 0.364. The van der Waals surface area contributed by atoms with Gasteiger partial charge in [0.25, 0.3) is 0 Å². The van der Waals surface area contributed by atoms with Crippen LogP contribution in [0.25, 0.3) is 0 Å². The predicted molar refractivity (Wildman–Crippen MR) is 62.8 cm³/mol. The number of hydrogen-bond acceptors (Lipinski definition) is 4. The summed E-state index contributed by atoms with van der Waals surface area (Å²) in [5.74, 6) is 0.877. The van der Waals surface area contributed by atoms with Gasteiger partial charge in [0.1, 0.15) is 5.75 Å². The molecule has 0 fully saturated rings. The van der Waals surface area contributed by atoms with Crippen LogP contribution in [0.4, 0.5) is 0 Å². The van der Waals surface area contributed by atoms with E-state index < -0.39 is 0 Å². The molecule has 1 aromatic rings. The zero-order valence-electron chi connectivity index (χ0n) is 8.95. The topological polar surface area (TPSA) is 52.3 Å². The minimum Gasteiger partial charge on any atom is -0.496 e. The van der Waals surface area contributed by atoms with Crippen LogP contribution in [-0.4, -0.2) is 25.7 Å². The van der Waals surface area contributed by atoms with Crippen molar-refractivity contribution < 1.29 is 9.53 Å². The van der Waals surface area contributed by atoms with Gasteiger partial charge in [-0.1, -0.05) is 0 Å². The van der Waals surface area contributed by atoms with Crippen molar-refractivity contribution in [3.63, 3.8) is 0 Å². The normalized spacial score (nSPS) is 10.1. The fourth-order valence-electron chi connectivity index (χ4n) is 1.29. The second-order valence-corrected chi connectivity index (χ2v) is 3.88. The minimum absolute atomic E-state index is 0.0791. The first-order valence-corrected chi connectivity index (χ1v) is 5.90. The highest BCUT2D eigenvalue weighted by atomic mass is 32.2. The van der Waals surface area contributed by atoms with Gasteiger partial charge in [0.2, 0.25) is 0 Å². The Morgan fingerprint density at radius 2 is 2.27 bits per heavy atom. The summed E-state index contributed by atoms with van der Waals surface area (Å²) in [5.41, 5.74) is 6.04. The Morgan fingerprint density at radius 1 is 1.53 bits per heavy atom. The predicted octanol–water partition coefficient (Wildman–Crippen LogP) is 1.95. The molecule has 15 heavy (non-hydrogen) atoms. The van der Waals surface area contributed by atoms with Crippen molar-refractivity contribution in [3.8, 4) is 5.75 Å². The molecule has 1 rings (SSSR count). The molecule has 3 nitrogen and oxygen atoms in total. The lowest BCUT2D eigenvalue weighted by molar-refractivity contribution is 0.0985. The summed E-state index contributed by atoms with van der Waals surface area (Å²) in [4.78, 5) is 12.6. The van der Waals surface area contributed by atoms with Gasteiger partial charge in [0.05, 0.1) is 7.11 Å². The second-order valence-electron chi connectivity index (χ2n) is 3.03. The largest absolute Gasteiger partial charge is 0.496 e. The van der Waals surface area contributed by atoms with E-state index in [9.17, 15) is 4.79 Å². The monoisotopic (exact) mass is 225 g/mol. The summed E-state index contributed by atoms with van der Waals surface area (Å²) in [7, 11) is 1.62. The van der Waals surface area contributed by atoms with E-state index in [1.165, 1.54) is 0 Å². The van der Waals surface area contributed by atoms with Gasteiger partial charge in [0, 0.05) is 16.9 Å². The number of benzene rings is 1.